The molecule has 1 aliphatic rings. The molecule has 0 saturated carbocycles. The molecule has 1 saturated heterocycles. The molecule has 88 valence electrons. The Morgan fingerprint density at radius 1 is 1.44 bits per heavy atom. The van der Waals surface area contributed by atoms with Crippen LogP contribution in [0, 0.1) is 5.92 Å². The van der Waals surface area contributed by atoms with E-state index in [4.69, 9.17) is 4.74 Å². The van der Waals surface area contributed by atoms with Crippen molar-refractivity contribution in [1.82, 2.24) is 15.3 Å². The van der Waals surface area contributed by atoms with Gasteiger partial charge in [0.2, 0.25) is 0 Å². The fourth-order valence-electron chi connectivity index (χ4n) is 2.00. The van der Waals surface area contributed by atoms with Gasteiger partial charge < -0.3 is 10.1 Å². The molecule has 0 radical (unpaired) electrons. The summed E-state index contributed by atoms with van der Waals surface area (Å²) in [5.74, 6) is 0.788. The van der Waals surface area contributed by atoms with Crippen LogP contribution in [0.5, 0.6) is 0 Å². The van der Waals surface area contributed by atoms with E-state index in [1.807, 2.05) is 0 Å². The van der Waals surface area contributed by atoms with Crippen LogP contribution in [0.2, 0.25) is 0 Å². The molecular formula is C12H19N3O. The number of nitrogens with one attached hydrogen (secondary N) is 1. The normalized spacial score (nSPS) is 20.9. The summed E-state index contributed by atoms with van der Waals surface area (Å²) in [6.07, 6.45) is 8.91. The van der Waals surface area contributed by atoms with Crippen LogP contribution in [0.4, 0.5) is 0 Å². The van der Waals surface area contributed by atoms with Crippen molar-refractivity contribution in [2.24, 2.45) is 5.92 Å². The third-order valence-corrected chi connectivity index (χ3v) is 2.94. The van der Waals surface area contributed by atoms with E-state index in [0.29, 0.717) is 6.61 Å². The number of aromatic nitrogens is 2. The first-order valence-corrected chi connectivity index (χ1v) is 5.98. The van der Waals surface area contributed by atoms with Crippen molar-refractivity contribution < 1.29 is 4.74 Å². The number of piperidine rings is 1. The summed E-state index contributed by atoms with van der Waals surface area (Å²) >= 11 is 0. The highest BCUT2D eigenvalue weighted by Crippen LogP contribution is 2.13. The van der Waals surface area contributed by atoms with Crippen molar-refractivity contribution >= 4 is 0 Å². The molecule has 1 aliphatic heterocycles. The van der Waals surface area contributed by atoms with Gasteiger partial charge in [-0.15, -0.1) is 0 Å². The zero-order valence-corrected chi connectivity index (χ0v) is 9.56. The molecule has 0 aromatic carbocycles. The number of ether oxygens (including phenoxy) is 1. The molecule has 1 unspecified atom stereocenters. The van der Waals surface area contributed by atoms with Crippen LogP contribution in [0.15, 0.2) is 18.6 Å². The first-order valence-electron chi connectivity index (χ1n) is 5.98. The number of hydrogen-bond donors (Lipinski definition) is 1. The first kappa shape index (κ1) is 11.5. The van der Waals surface area contributed by atoms with Gasteiger partial charge in [0.1, 0.15) is 0 Å². The van der Waals surface area contributed by atoms with Crippen LogP contribution in [-0.2, 0) is 11.3 Å². The van der Waals surface area contributed by atoms with Gasteiger partial charge in [-0.05, 0) is 38.3 Å². The summed E-state index contributed by atoms with van der Waals surface area (Å²) in [5.41, 5.74) is 0.907. The molecule has 16 heavy (non-hydrogen) atoms. The smallest absolute Gasteiger partial charge is 0.0903 e. The van der Waals surface area contributed by atoms with Gasteiger partial charge in [-0.2, -0.15) is 0 Å². The highest BCUT2D eigenvalue weighted by Gasteiger charge is 2.12. The molecule has 1 atom stereocenters. The van der Waals surface area contributed by atoms with Gasteiger partial charge in [-0.3, -0.25) is 9.97 Å². The van der Waals surface area contributed by atoms with E-state index >= 15 is 0 Å². The average Bonchev–Trinajstić information content (AvgIpc) is 2.37. The standard InChI is InChI=1S/C12H19N3O/c1-2-11(8-13-4-1)3-7-16-10-12-9-14-5-6-15-12/h5-6,9,11,13H,1-4,7-8,10H2. The Morgan fingerprint density at radius 3 is 3.19 bits per heavy atom. The maximum atomic E-state index is 5.59. The second-order valence-electron chi connectivity index (χ2n) is 4.25. The van der Waals surface area contributed by atoms with E-state index < -0.39 is 0 Å². The topological polar surface area (TPSA) is 47.0 Å². The van der Waals surface area contributed by atoms with Crippen molar-refractivity contribution in [3.63, 3.8) is 0 Å². The SMILES string of the molecule is c1cnc(COCCC2CCCNC2)cn1. The molecule has 4 nitrogen and oxygen atoms in total. The molecular weight excluding hydrogens is 202 g/mol. The van der Waals surface area contributed by atoms with E-state index in [1.54, 1.807) is 18.6 Å². The van der Waals surface area contributed by atoms with Crippen molar-refractivity contribution in [1.29, 1.82) is 0 Å². The Balaban J connectivity index is 1.58. The van der Waals surface area contributed by atoms with Crippen LogP contribution in [0.1, 0.15) is 25.0 Å². The van der Waals surface area contributed by atoms with Crippen molar-refractivity contribution in [2.45, 2.75) is 25.9 Å². The third-order valence-electron chi connectivity index (χ3n) is 2.94. The fraction of sp³-hybridized carbons (Fsp3) is 0.667. The Kier molecular flexibility index (Phi) is 4.70. The van der Waals surface area contributed by atoms with Gasteiger partial charge >= 0.3 is 0 Å². The van der Waals surface area contributed by atoms with E-state index in [1.165, 1.54) is 19.4 Å². The molecule has 0 spiro atoms. The molecule has 1 fully saturated rings. The molecule has 1 aromatic heterocycles. The van der Waals surface area contributed by atoms with Crippen molar-refractivity contribution in [3.8, 4) is 0 Å². The Morgan fingerprint density at radius 2 is 2.44 bits per heavy atom. The average molecular weight is 221 g/mol. The minimum Gasteiger partial charge on any atom is -0.375 e. The van der Waals surface area contributed by atoms with Crippen LogP contribution < -0.4 is 5.32 Å². The minimum atomic E-state index is 0.577. The van der Waals surface area contributed by atoms with Gasteiger partial charge in [0, 0.05) is 19.0 Å². The summed E-state index contributed by atoms with van der Waals surface area (Å²) in [5, 5.41) is 3.42. The highest BCUT2D eigenvalue weighted by molar-refractivity contribution is 4.91. The molecule has 1 N–H and O–H groups in total. The number of hydrogen-bond acceptors (Lipinski definition) is 4. The minimum absolute atomic E-state index is 0.577. The van der Waals surface area contributed by atoms with Crippen molar-refractivity contribution in [2.75, 3.05) is 19.7 Å². The lowest BCUT2D eigenvalue weighted by Crippen LogP contribution is -2.30. The molecule has 0 bridgehead atoms. The third kappa shape index (κ3) is 3.87. The number of nitrogens with zero attached hydrogens (tertiary/aromatic N) is 2. The Hall–Kier alpha value is -1.00. The molecule has 4 heteroatoms. The highest BCUT2D eigenvalue weighted by atomic mass is 16.5. The van der Waals surface area contributed by atoms with E-state index in [9.17, 15) is 0 Å². The zero-order valence-electron chi connectivity index (χ0n) is 9.56. The van der Waals surface area contributed by atoms with E-state index in [2.05, 4.69) is 15.3 Å². The van der Waals surface area contributed by atoms with Gasteiger partial charge in [-0.25, -0.2) is 0 Å². The van der Waals surface area contributed by atoms with Gasteiger partial charge in [0.25, 0.3) is 0 Å². The monoisotopic (exact) mass is 221 g/mol. The summed E-state index contributed by atoms with van der Waals surface area (Å²) in [4.78, 5) is 8.16. The number of rotatable bonds is 5. The lowest BCUT2D eigenvalue weighted by Gasteiger charge is -2.22. The van der Waals surface area contributed by atoms with Crippen molar-refractivity contribution in [3.05, 3.63) is 24.3 Å². The van der Waals surface area contributed by atoms with Crippen LogP contribution in [0.3, 0.4) is 0 Å². The van der Waals surface area contributed by atoms with Crippen LogP contribution >= 0.6 is 0 Å². The van der Waals surface area contributed by atoms with Gasteiger partial charge in [0.15, 0.2) is 0 Å². The summed E-state index contributed by atoms with van der Waals surface area (Å²) in [6, 6.07) is 0. The second-order valence-corrected chi connectivity index (χ2v) is 4.25. The van der Waals surface area contributed by atoms with Crippen LogP contribution in [-0.4, -0.2) is 29.7 Å². The largest absolute Gasteiger partial charge is 0.375 e. The summed E-state index contributed by atoms with van der Waals surface area (Å²) in [6.45, 7) is 3.72. The quantitative estimate of drug-likeness (QED) is 0.763. The second kappa shape index (κ2) is 6.55. The fourth-order valence-corrected chi connectivity index (χ4v) is 2.00. The lowest BCUT2D eigenvalue weighted by atomic mass is 9.97. The Labute approximate surface area is 96.4 Å². The molecule has 2 rings (SSSR count). The van der Waals surface area contributed by atoms with Gasteiger partial charge in [0.05, 0.1) is 18.5 Å². The predicted molar refractivity (Wildman–Crippen MR) is 61.9 cm³/mol. The molecule has 1 aromatic rings. The molecule has 0 amide bonds. The van der Waals surface area contributed by atoms with E-state index in [0.717, 1.165) is 31.2 Å². The predicted octanol–water partition coefficient (Wildman–Crippen LogP) is 1.38. The van der Waals surface area contributed by atoms with Crippen LogP contribution in [0.25, 0.3) is 0 Å². The maximum Gasteiger partial charge on any atom is 0.0903 e. The Bertz CT molecular complexity index is 286. The molecule has 0 aliphatic carbocycles. The zero-order chi connectivity index (χ0) is 11.1. The summed E-state index contributed by atoms with van der Waals surface area (Å²) < 4.78 is 5.59. The van der Waals surface area contributed by atoms with Gasteiger partial charge in [-0.1, -0.05) is 0 Å². The lowest BCUT2D eigenvalue weighted by molar-refractivity contribution is 0.101. The van der Waals surface area contributed by atoms with E-state index in [-0.39, 0.29) is 0 Å². The first-order chi connectivity index (χ1) is 7.95. The molecule has 2 heterocycles. The summed E-state index contributed by atoms with van der Waals surface area (Å²) in [7, 11) is 0. The maximum absolute atomic E-state index is 5.59.